The van der Waals surface area contributed by atoms with Crippen LogP contribution >= 0.6 is 0 Å². The van der Waals surface area contributed by atoms with Crippen LogP contribution in [0.5, 0.6) is 0 Å². The Balaban J connectivity index is 2.12. The Morgan fingerprint density at radius 2 is 1.90 bits per heavy atom. The van der Waals surface area contributed by atoms with Crippen LogP contribution in [0, 0.1) is 11.6 Å². The molecule has 0 aliphatic heterocycles. The van der Waals surface area contributed by atoms with E-state index in [0.29, 0.717) is 6.07 Å². The second kappa shape index (κ2) is 5.47. The van der Waals surface area contributed by atoms with Crippen LogP contribution in [0.1, 0.15) is 5.69 Å². The number of hydrogen-bond donors (Lipinski definition) is 3. The number of anilines is 1. The Bertz CT molecular complexity index is 739. The molecule has 0 aliphatic rings. The number of aromatic amines is 2. The minimum absolute atomic E-state index is 0.0822. The van der Waals surface area contributed by atoms with Crippen molar-refractivity contribution < 1.29 is 13.6 Å². The van der Waals surface area contributed by atoms with Crippen LogP contribution in [-0.2, 0) is 11.2 Å². The summed E-state index contributed by atoms with van der Waals surface area (Å²) in [6.07, 6.45) is -0.323. The number of hydrogen-bond acceptors (Lipinski definition) is 3. The fraction of sp³-hybridized carbons (Fsp3) is 0.0833. The summed E-state index contributed by atoms with van der Waals surface area (Å²) >= 11 is 0. The van der Waals surface area contributed by atoms with Gasteiger partial charge in [0.05, 0.1) is 12.1 Å². The normalized spacial score (nSPS) is 10.3. The smallest absolute Gasteiger partial charge is 0.323 e. The lowest BCUT2D eigenvalue weighted by Crippen LogP contribution is -2.25. The van der Waals surface area contributed by atoms with Crippen LogP contribution in [0.4, 0.5) is 14.5 Å². The zero-order chi connectivity index (χ0) is 14.7. The van der Waals surface area contributed by atoms with Gasteiger partial charge in [-0.3, -0.25) is 14.6 Å². The van der Waals surface area contributed by atoms with E-state index in [0.717, 1.165) is 18.2 Å². The van der Waals surface area contributed by atoms with E-state index < -0.39 is 28.8 Å². The molecule has 0 atom stereocenters. The average molecular weight is 281 g/mol. The van der Waals surface area contributed by atoms with Crippen molar-refractivity contribution in [1.29, 1.82) is 0 Å². The van der Waals surface area contributed by atoms with Crippen molar-refractivity contribution in [1.82, 2.24) is 9.97 Å². The highest BCUT2D eigenvalue weighted by Gasteiger charge is 2.09. The number of rotatable bonds is 3. The number of benzene rings is 1. The summed E-state index contributed by atoms with van der Waals surface area (Å²) in [6, 6.07) is 3.74. The lowest BCUT2D eigenvalue weighted by atomic mass is 10.2. The van der Waals surface area contributed by atoms with Crippen molar-refractivity contribution in [2.75, 3.05) is 5.32 Å². The van der Waals surface area contributed by atoms with Gasteiger partial charge in [0, 0.05) is 17.8 Å². The summed E-state index contributed by atoms with van der Waals surface area (Å²) in [5.41, 5.74) is -1.50. The Morgan fingerprint density at radius 1 is 1.15 bits per heavy atom. The summed E-state index contributed by atoms with van der Waals surface area (Å²) in [7, 11) is 0. The summed E-state index contributed by atoms with van der Waals surface area (Å²) in [4.78, 5) is 37.9. The van der Waals surface area contributed by atoms with Gasteiger partial charge in [-0.1, -0.05) is 0 Å². The highest BCUT2D eigenvalue weighted by atomic mass is 19.1. The topological polar surface area (TPSA) is 94.8 Å². The standard InChI is InChI=1S/C12H9F2N3O3/c13-6-1-2-9(8(14)3-6)16-10(18)4-7-5-11(19)17-12(20)15-7/h1-3,5H,4H2,(H,16,18)(H2,15,17,19,20). The highest BCUT2D eigenvalue weighted by molar-refractivity contribution is 5.92. The molecule has 3 N–H and O–H groups in total. The predicted octanol–water partition coefficient (Wildman–Crippen LogP) is 0.523. The Hall–Kier alpha value is -2.77. The van der Waals surface area contributed by atoms with Crippen molar-refractivity contribution >= 4 is 11.6 Å². The molecule has 0 fully saturated rings. The monoisotopic (exact) mass is 281 g/mol. The van der Waals surface area contributed by atoms with Gasteiger partial charge in [0.1, 0.15) is 11.6 Å². The average Bonchev–Trinajstić information content (AvgIpc) is 2.31. The molecule has 0 saturated carbocycles. The molecular weight excluding hydrogens is 272 g/mol. The molecule has 0 bridgehead atoms. The molecule has 1 aromatic carbocycles. The number of H-pyrrole nitrogens is 2. The molecule has 0 radical (unpaired) electrons. The van der Waals surface area contributed by atoms with E-state index in [4.69, 9.17) is 0 Å². The first kappa shape index (κ1) is 13.7. The van der Waals surface area contributed by atoms with Crippen molar-refractivity contribution in [3.8, 4) is 0 Å². The van der Waals surface area contributed by atoms with Gasteiger partial charge in [-0.2, -0.15) is 0 Å². The molecule has 2 aromatic rings. The fourth-order valence-corrected chi connectivity index (χ4v) is 1.57. The van der Waals surface area contributed by atoms with E-state index >= 15 is 0 Å². The number of amides is 1. The second-order valence-corrected chi connectivity index (χ2v) is 3.96. The lowest BCUT2D eigenvalue weighted by Gasteiger charge is -2.06. The zero-order valence-corrected chi connectivity index (χ0v) is 10.00. The largest absolute Gasteiger partial charge is 0.325 e. The number of nitrogens with one attached hydrogen (secondary N) is 3. The van der Waals surface area contributed by atoms with E-state index in [1.54, 1.807) is 0 Å². The summed E-state index contributed by atoms with van der Waals surface area (Å²) < 4.78 is 26.0. The Labute approximate surface area is 110 Å². The number of carbonyl (C=O) groups excluding carboxylic acids is 1. The SMILES string of the molecule is O=C(Cc1cc(=O)[nH]c(=O)[nH]1)Nc1ccc(F)cc1F. The van der Waals surface area contributed by atoms with Crippen LogP contribution in [0.25, 0.3) is 0 Å². The molecule has 1 amide bonds. The summed E-state index contributed by atoms with van der Waals surface area (Å²) in [5, 5.41) is 2.21. The number of aromatic nitrogens is 2. The van der Waals surface area contributed by atoms with E-state index in [1.807, 2.05) is 4.98 Å². The first-order valence-corrected chi connectivity index (χ1v) is 5.51. The van der Waals surface area contributed by atoms with Gasteiger partial charge in [0.25, 0.3) is 5.56 Å². The van der Waals surface area contributed by atoms with Crippen LogP contribution < -0.4 is 16.6 Å². The number of halogens is 2. The molecule has 0 unspecified atom stereocenters. The number of carbonyl (C=O) groups is 1. The van der Waals surface area contributed by atoms with E-state index in [-0.39, 0.29) is 17.8 Å². The van der Waals surface area contributed by atoms with Gasteiger partial charge >= 0.3 is 5.69 Å². The van der Waals surface area contributed by atoms with Gasteiger partial charge in [-0.05, 0) is 12.1 Å². The highest BCUT2D eigenvalue weighted by Crippen LogP contribution is 2.14. The third kappa shape index (κ3) is 3.37. The van der Waals surface area contributed by atoms with Crippen LogP contribution in [0.2, 0.25) is 0 Å². The third-order valence-corrected chi connectivity index (χ3v) is 2.37. The Kier molecular flexibility index (Phi) is 3.74. The molecule has 104 valence electrons. The maximum absolute atomic E-state index is 13.3. The minimum Gasteiger partial charge on any atom is -0.323 e. The maximum atomic E-state index is 13.3. The molecule has 6 nitrogen and oxygen atoms in total. The van der Waals surface area contributed by atoms with Gasteiger partial charge in [0.2, 0.25) is 5.91 Å². The lowest BCUT2D eigenvalue weighted by molar-refractivity contribution is -0.115. The van der Waals surface area contributed by atoms with Gasteiger partial charge < -0.3 is 10.3 Å². The third-order valence-electron chi connectivity index (χ3n) is 2.37. The van der Waals surface area contributed by atoms with Crippen LogP contribution in [0.15, 0.2) is 33.9 Å². The van der Waals surface area contributed by atoms with Crippen molar-refractivity contribution in [2.45, 2.75) is 6.42 Å². The quantitative estimate of drug-likeness (QED) is 0.765. The van der Waals surface area contributed by atoms with E-state index in [9.17, 15) is 23.2 Å². The molecule has 1 heterocycles. The first-order valence-electron chi connectivity index (χ1n) is 5.51. The van der Waals surface area contributed by atoms with Gasteiger partial charge in [-0.25, -0.2) is 13.6 Å². The van der Waals surface area contributed by atoms with Gasteiger partial charge in [0.15, 0.2) is 0 Å². The molecule has 0 aliphatic carbocycles. The summed E-state index contributed by atoms with van der Waals surface area (Å²) in [5.74, 6) is -2.34. The van der Waals surface area contributed by atoms with Crippen LogP contribution in [0.3, 0.4) is 0 Å². The molecule has 8 heteroatoms. The maximum Gasteiger partial charge on any atom is 0.325 e. The second-order valence-electron chi connectivity index (χ2n) is 3.96. The fourth-order valence-electron chi connectivity index (χ4n) is 1.57. The van der Waals surface area contributed by atoms with Crippen molar-refractivity contribution in [3.63, 3.8) is 0 Å². The van der Waals surface area contributed by atoms with E-state index in [1.165, 1.54) is 0 Å². The van der Waals surface area contributed by atoms with Crippen molar-refractivity contribution in [3.05, 3.63) is 62.4 Å². The molecule has 1 aromatic heterocycles. The zero-order valence-electron chi connectivity index (χ0n) is 10.00. The molecule has 0 spiro atoms. The molecule has 20 heavy (non-hydrogen) atoms. The predicted molar refractivity (Wildman–Crippen MR) is 66.4 cm³/mol. The van der Waals surface area contributed by atoms with Crippen molar-refractivity contribution in [2.24, 2.45) is 0 Å². The van der Waals surface area contributed by atoms with Gasteiger partial charge in [-0.15, -0.1) is 0 Å². The summed E-state index contributed by atoms with van der Waals surface area (Å²) in [6.45, 7) is 0. The Morgan fingerprint density at radius 3 is 2.55 bits per heavy atom. The molecule has 0 saturated heterocycles. The minimum atomic E-state index is -0.919. The first-order chi connectivity index (χ1) is 9.44. The van der Waals surface area contributed by atoms with Crippen LogP contribution in [-0.4, -0.2) is 15.9 Å². The van der Waals surface area contributed by atoms with E-state index in [2.05, 4.69) is 10.3 Å². The molecular formula is C12H9F2N3O3. The molecule has 2 rings (SSSR count).